The number of benzene rings is 2. The highest BCUT2D eigenvalue weighted by Crippen LogP contribution is 2.27. The van der Waals surface area contributed by atoms with E-state index in [1.54, 1.807) is 23.1 Å². The van der Waals surface area contributed by atoms with Crippen LogP contribution in [0.2, 0.25) is 0 Å². The number of carbonyl (C=O) groups excluding carboxylic acids is 4. The van der Waals surface area contributed by atoms with Crippen molar-refractivity contribution in [3.05, 3.63) is 59.4 Å². The fraction of sp³-hybridized carbons (Fsp3) is 0.333. The topological polar surface area (TPSA) is 92.8 Å². The van der Waals surface area contributed by atoms with Crippen LogP contribution in [-0.2, 0) is 14.3 Å². The molecule has 0 spiro atoms. The number of anilines is 1. The Balaban J connectivity index is 1.58. The van der Waals surface area contributed by atoms with Gasteiger partial charge in [-0.2, -0.15) is 0 Å². The molecule has 1 aliphatic rings. The van der Waals surface area contributed by atoms with Crippen molar-refractivity contribution in [2.45, 2.75) is 24.7 Å². The molecule has 0 radical (unpaired) electrons. The van der Waals surface area contributed by atoms with E-state index in [2.05, 4.69) is 5.32 Å². The quantitative estimate of drug-likeness (QED) is 0.375. The molecule has 7 nitrogen and oxygen atoms in total. The Hall–Kier alpha value is -3.20. The molecule has 2 aromatic carbocycles. The number of rotatable bonds is 7. The van der Waals surface area contributed by atoms with Crippen LogP contribution in [0.3, 0.4) is 0 Å². The van der Waals surface area contributed by atoms with Gasteiger partial charge in [0.15, 0.2) is 12.4 Å². The number of hydrogen-bond acceptors (Lipinski definition) is 6. The average molecular weight is 473 g/mol. The number of halogens is 1. The lowest BCUT2D eigenvalue weighted by Gasteiger charge is -2.31. The Morgan fingerprint density at radius 1 is 1.12 bits per heavy atom. The van der Waals surface area contributed by atoms with Crippen LogP contribution in [0.4, 0.5) is 10.1 Å². The monoisotopic (exact) mass is 472 g/mol. The molecule has 1 atom stereocenters. The highest BCUT2D eigenvalue weighted by atomic mass is 32.2. The summed E-state index contributed by atoms with van der Waals surface area (Å²) in [6.45, 7) is 1.62. The zero-order valence-electron chi connectivity index (χ0n) is 18.4. The van der Waals surface area contributed by atoms with Crippen LogP contribution in [0.25, 0.3) is 0 Å². The molecule has 1 unspecified atom stereocenters. The first kappa shape index (κ1) is 24.4. The molecule has 174 valence electrons. The van der Waals surface area contributed by atoms with Crippen molar-refractivity contribution < 1.29 is 28.3 Å². The van der Waals surface area contributed by atoms with E-state index in [1.165, 1.54) is 43.0 Å². The van der Waals surface area contributed by atoms with E-state index in [0.29, 0.717) is 36.2 Å². The number of nitrogens with zero attached hydrogens (tertiary/aromatic N) is 1. The molecule has 0 bridgehead atoms. The Labute approximate surface area is 195 Å². The maximum atomic E-state index is 13.1. The third-order valence-electron chi connectivity index (χ3n) is 5.31. The second-order valence-electron chi connectivity index (χ2n) is 7.72. The predicted octanol–water partition coefficient (Wildman–Crippen LogP) is 3.78. The van der Waals surface area contributed by atoms with E-state index >= 15 is 0 Å². The van der Waals surface area contributed by atoms with Crippen LogP contribution in [0.15, 0.2) is 47.4 Å². The number of thioether (sulfide) groups is 1. The molecule has 1 aliphatic heterocycles. The van der Waals surface area contributed by atoms with Crippen molar-refractivity contribution in [2.75, 3.05) is 31.3 Å². The van der Waals surface area contributed by atoms with Gasteiger partial charge in [-0.05, 0) is 55.5 Å². The summed E-state index contributed by atoms with van der Waals surface area (Å²) in [5.74, 6) is -2.42. The second kappa shape index (κ2) is 11.1. The van der Waals surface area contributed by atoms with E-state index in [0.717, 1.165) is 4.90 Å². The number of likely N-dealkylation sites (tertiary alicyclic amines) is 1. The predicted molar refractivity (Wildman–Crippen MR) is 123 cm³/mol. The van der Waals surface area contributed by atoms with Gasteiger partial charge in [-0.15, -0.1) is 11.8 Å². The van der Waals surface area contributed by atoms with Gasteiger partial charge in [0.2, 0.25) is 5.91 Å². The minimum Gasteiger partial charge on any atom is -0.457 e. The summed E-state index contributed by atoms with van der Waals surface area (Å²) in [6.07, 6.45) is 3.03. The number of carbonyl (C=O) groups is 4. The average Bonchev–Trinajstić information content (AvgIpc) is 2.82. The van der Waals surface area contributed by atoms with Gasteiger partial charge in [0.25, 0.3) is 5.91 Å². The molecule has 33 heavy (non-hydrogen) atoms. The Kier molecular flexibility index (Phi) is 8.21. The lowest BCUT2D eigenvalue weighted by Crippen LogP contribution is -2.43. The molecule has 2 aromatic rings. The molecule has 0 aromatic heterocycles. The third kappa shape index (κ3) is 6.41. The van der Waals surface area contributed by atoms with Crippen molar-refractivity contribution in [1.29, 1.82) is 0 Å². The Morgan fingerprint density at radius 3 is 2.48 bits per heavy atom. The summed E-state index contributed by atoms with van der Waals surface area (Å²) in [7, 11) is 0. The summed E-state index contributed by atoms with van der Waals surface area (Å²) < 4.78 is 18.4. The summed E-state index contributed by atoms with van der Waals surface area (Å²) >= 11 is 1.43. The first-order valence-electron chi connectivity index (χ1n) is 10.5. The zero-order valence-corrected chi connectivity index (χ0v) is 19.2. The number of nitrogens with one attached hydrogen (secondary N) is 1. The molecular weight excluding hydrogens is 447 g/mol. The molecule has 1 fully saturated rings. The SMILES string of the molecule is CSc1ccc(C(=O)COC(=O)C2CCCN(C(=O)c3ccc(F)cc3)C2)cc1NC(C)=O. The van der Waals surface area contributed by atoms with Gasteiger partial charge >= 0.3 is 5.97 Å². The van der Waals surface area contributed by atoms with Gasteiger partial charge in [0.05, 0.1) is 11.6 Å². The number of amides is 2. The third-order valence-corrected chi connectivity index (χ3v) is 6.11. The number of ether oxygens (including phenoxy) is 1. The van der Waals surface area contributed by atoms with Crippen LogP contribution in [0.1, 0.15) is 40.5 Å². The normalized spacial score (nSPS) is 15.6. The zero-order chi connectivity index (χ0) is 24.0. The highest BCUT2D eigenvalue weighted by Gasteiger charge is 2.30. The van der Waals surface area contributed by atoms with Gasteiger partial charge < -0.3 is 15.0 Å². The summed E-state index contributed by atoms with van der Waals surface area (Å²) in [6, 6.07) is 10.2. The molecule has 2 amide bonds. The number of hydrogen-bond donors (Lipinski definition) is 1. The van der Waals surface area contributed by atoms with Crippen molar-refractivity contribution in [2.24, 2.45) is 5.92 Å². The standard InChI is InChI=1S/C24H25FN2O5S/c1-15(28)26-20-12-17(7-10-22(20)33-2)21(29)14-32-24(31)18-4-3-11-27(13-18)23(30)16-5-8-19(25)9-6-16/h5-10,12,18H,3-4,11,13-14H2,1-2H3,(H,26,28). The van der Waals surface area contributed by atoms with E-state index in [9.17, 15) is 23.6 Å². The van der Waals surface area contributed by atoms with E-state index in [4.69, 9.17) is 4.74 Å². The summed E-state index contributed by atoms with van der Waals surface area (Å²) in [5, 5.41) is 2.69. The van der Waals surface area contributed by atoms with Crippen LogP contribution in [0.5, 0.6) is 0 Å². The minimum absolute atomic E-state index is 0.179. The van der Waals surface area contributed by atoms with Crippen LogP contribution in [0, 0.1) is 11.7 Å². The van der Waals surface area contributed by atoms with Crippen molar-refractivity contribution in [1.82, 2.24) is 4.90 Å². The number of piperidine rings is 1. The Morgan fingerprint density at radius 2 is 1.82 bits per heavy atom. The fourth-order valence-corrected chi connectivity index (χ4v) is 4.17. The first-order valence-corrected chi connectivity index (χ1v) is 11.7. The van der Waals surface area contributed by atoms with Crippen LogP contribution >= 0.6 is 11.8 Å². The highest BCUT2D eigenvalue weighted by molar-refractivity contribution is 7.98. The molecule has 9 heteroatoms. The van der Waals surface area contributed by atoms with Gasteiger partial charge in [-0.3, -0.25) is 19.2 Å². The van der Waals surface area contributed by atoms with Crippen molar-refractivity contribution in [3.63, 3.8) is 0 Å². The maximum absolute atomic E-state index is 13.1. The fourth-order valence-electron chi connectivity index (χ4n) is 3.64. The second-order valence-corrected chi connectivity index (χ2v) is 8.57. The Bertz CT molecular complexity index is 1060. The first-order chi connectivity index (χ1) is 15.8. The van der Waals surface area contributed by atoms with Gasteiger partial charge in [0, 0.05) is 36.0 Å². The van der Waals surface area contributed by atoms with E-state index < -0.39 is 30.1 Å². The lowest BCUT2D eigenvalue weighted by molar-refractivity contribution is -0.148. The summed E-state index contributed by atoms with van der Waals surface area (Å²) in [4.78, 5) is 51.6. The molecule has 1 heterocycles. The largest absolute Gasteiger partial charge is 0.457 e. The number of esters is 1. The smallest absolute Gasteiger partial charge is 0.311 e. The molecule has 1 N–H and O–H groups in total. The maximum Gasteiger partial charge on any atom is 0.311 e. The number of Topliss-reactive ketones (excluding diaryl/α,β-unsaturated/α-hetero) is 1. The van der Waals surface area contributed by atoms with E-state index in [1.807, 2.05) is 6.26 Å². The van der Waals surface area contributed by atoms with Gasteiger partial charge in [-0.1, -0.05) is 6.07 Å². The van der Waals surface area contributed by atoms with Crippen LogP contribution < -0.4 is 5.32 Å². The van der Waals surface area contributed by atoms with Gasteiger partial charge in [0.1, 0.15) is 5.82 Å². The molecule has 1 saturated heterocycles. The van der Waals surface area contributed by atoms with Crippen molar-refractivity contribution in [3.8, 4) is 0 Å². The van der Waals surface area contributed by atoms with E-state index in [-0.39, 0.29) is 18.4 Å². The van der Waals surface area contributed by atoms with Crippen molar-refractivity contribution >= 4 is 41.0 Å². The molecular formula is C24H25FN2O5S. The molecule has 0 saturated carbocycles. The summed E-state index contributed by atoms with van der Waals surface area (Å²) in [5.41, 5.74) is 1.19. The lowest BCUT2D eigenvalue weighted by atomic mass is 9.97. The minimum atomic E-state index is -0.539. The number of ketones is 1. The molecule has 0 aliphatic carbocycles. The van der Waals surface area contributed by atoms with Gasteiger partial charge in [-0.25, -0.2) is 4.39 Å². The van der Waals surface area contributed by atoms with Crippen LogP contribution in [-0.4, -0.2) is 54.4 Å². The molecule has 3 rings (SSSR count).